The van der Waals surface area contributed by atoms with Gasteiger partial charge in [-0.25, -0.2) is 0 Å². The number of anilines is 1. The van der Waals surface area contributed by atoms with Crippen LogP contribution in [0.3, 0.4) is 0 Å². The maximum Gasteiger partial charge on any atom is 0.262 e. The monoisotopic (exact) mass is 380 g/mol. The van der Waals surface area contributed by atoms with Crippen molar-refractivity contribution in [3.63, 3.8) is 0 Å². The molecule has 3 rings (SSSR count). The lowest BCUT2D eigenvalue weighted by Gasteiger charge is -2.35. The van der Waals surface area contributed by atoms with Gasteiger partial charge in [0.15, 0.2) is 6.61 Å². The average molecular weight is 380 g/mol. The normalized spacial score (nSPS) is 19.2. The molecule has 0 radical (unpaired) electrons. The summed E-state index contributed by atoms with van der Waals surface area (Å²) in [6, 6.07) is 14.7. The molecular formula is C23H28N2O3. The number of carbonyl (C=O) groups is 2. The topological polar surface area (TPSA) is 58.6 Å². The number of aryl methyl sites for hydroxylation is 1. The van der Waals surface area contributed by atoms with Crippen LogP contribution in [-0.4, -0.2) is 36.4 Å². The van der Waals surface area contributed by atoms with Crippen LogP contribution in [0.15, 0.2) is 48.5 Å². The van der Waals surface area contributed by atoms with Gasteiger partial charge in [-0.1, -0.05) is 38.1 Å². The molecule has 1 saturated heterocycles. The van der Waals surface area contributed by atoms with Crippen LogP contribution in [0.2, 0.25) is 0 Å². The Bertz CT molecular complexity index is 825. The number of carbonyl (C=O) groups excluding carboxylic acids is 2. The van der Waals surface area contributed by atoms with Crippen LogP contribution < -0.4 is 10.1 Å². The Kier molecular flexibility index (Phi) is 6.34. The molecule has 0 bridgehead atoms. The van der Waals surface area contributed by atoms with Crippen molar-refractivity contribution in [1.29, 1.82) is 0 Å². The lowest BCUT2D eigenvalue weighted by atomic mass is 9.91. The first-order chi connectivity index (χ1) is 13.4. The number of benzene rings is 2. The van der Waals surface area contributed by atoms with Crippen LogP contribution in [0.25, 0.3) is 0 Å². The number of nitrogens with zero attached hydrogens (tertiary/aromatic N) is 1. The van der Waals surface area contributed by atoms with Gasteiger partial charge in [0.05, 0.1) is 0 Å². The van der Waals surface area contributed by atoms with E-state index in [1.54, 1.807) is 18.2 Å². The number of para-hydroxylation sites is 1. The number of nitrogens with one attached hydrogen (secondary N) is 1. The van der Waals surface area contributed by atoms with E-state index in [2.05, 4.69) is 19.2 Å². The highest BCUT2D eigenvalue weighted by Crippen LogP contribution is 2.24. The number of likely N-dealkylation sites (tertiary alicyclic amines) is 1. The first-order valence-corrected chi connectivity index (χ1v) is 9.80. The van der Waals surface area contributed by atoms with Gasteiger partial charge < -0.3 is 15.0 Å². The smallest absolute Gasteiger partial charge is 0.262 e. The second kappa shape index (κ2) is 8.91. The lowest BCUT2D eigenvalue weighted by molar-refractivity contribution is -0.118. The molecule has 0 aromatic heterocycles. The van der Waals surface area contributed by atoms with E-state index in [1.807, 2.05) is 42.2 Å². The summed E-state index contributed by atoms with van der Waals surface area (Å²) < 4.78 is 5.49. The molecule has 1 heterocycles. The maximum atomic E-state index is 12.9. The summed E-state index contributed by atoms with van der Waals surface area (Å²) in [5, 5.41) is 2.86. The van der Waals surface area contributed by atoms with E-state index in [9.17, 15) is 9.59 Å². The minimum Gasteiger partial charge on any atom is -0.484 e. The number of piperidine rings is 1. The summed E-state index contributed by atoms with van der Waals surface area (Å²) >= 11 is 0. The highest BCUT2D eigenvalue weighted by Gasteiger charge is 2.26. The first kappa shape index (κ1) is 19.9. The Morgan fingerprint density at radius 1 is 1.07 bits per heavy atom. The molecule has 5 heteroatoms. The molecule has 1 N–H and O–H groups in total. The molecule has 2 unspecified atom stereocenters. The molecule has 0 aliphatic carbocycles. The van der Waals surface area contributed by atoms with Crippen molar-refractivity contribution < 1.29 is 14.3 Å². The van der Waals surface area contributed by atoms with Crippen LogP contribution >= 0.6 is 0 Å². The molecule has 0 spiro atoms. The lowest BCUT2D eigenvalue weighted by Crippen LogP contribution is -2.42. The van der Waals surface area contributed by atoms with Crippen LogP contribution in [0.1, 0.15) is 36.2 Å². The van der Waals surface area contributed by atoms with Gasteiger partial charge in [-0.15, -0.1) is 0 Å². The van der Waals surface area contributed by atoms with Gasteiger partial charge in [0.1, 0.15) is 5.75 Å². The summed E-state index contributed by atoms with van der Waals surface area (Å²) in [7, 11) is 0. The third kappa shape index (κ3) is 5.12. The fourth-order valence-electron chi connectivity index (χ4n) is 3.75. The van der Waals surface area contributed by atoms with Crippen LogP contribution in [0.4, 0.5) is 5.69 Å². The Hall–Kier alpha value is -2.82. The van der Waals surface area contributed by atoms with Crippen molar-refractivity contribution >= 4 is 17.5 Å². The van der Waals surface area contributed by atoms with Gasteiger partial charge in [-0.3, -0.25) is 9.59 Å². The summed E-state index contributed by atoms with van der Waals surface area (Å²) in [6.45, 7) is 7.76. The molecule has 0 saturated carbocycles. The third-order valence-electron chi connectivity index (χ3n) is 5.03. The standard InChI is InChI=1S/C23H28N2O3/c1-16-11-17(2)14-25(13-16)23(27)19-10-9-18(3)21(12-19)24-22(26)15-28-20-7-5-4-6-8-20/h4-10,12,16-17H,11,13-15H2,1-3H3,(H,24,26). The van der Waals surface area contributed by atoms with E-state index in [0.717, 1.165) is 25.1 Å². The molecular weight excluding hydrogens is 352 g/mol. The van der Waals surface area contributed by atoms with E-state index < -0.39 is 0 Å². The maximum absolute atomic E-state index is 12.9. The summed E-state index contributed by atoms with van der Waals surface area (Å²) in [5.74, 6) is 1.43. The zero-order chi connectivity index (χ0) is 20.1. The van der Waals surface area contributed by atoms with Gasteiger partial charge in [0, 0.05) is 24.3 Å². The number of amides is 2. The van der Waals surface area contributed by atoms with Gasteiger partial charge >= 0.3 is 0 Å². The predicted molar refractivity (Wildman–Crippen MR) is 111 cm³/mol. The number of ether oxygens (including phenoxy) is 1. The number of hydrogen-bond donors (Lipinski definition) is 1. The van der Waals surface area contributed by atoms with Gasteiger partial charge in [-0.2, -0.15) is 0 Å². The van der Waals surface area contributed by atoms with E-state index in [1.165, 1.54) is 0 Å². The SMILES string of the molecule is Cc1ccc(C(=O)N2CC(C)CC(C)C2)cc1NC(=O)COc1ccccc1. The van der Waals surface area contributed by atoms with Crippen LogP contribution in [-0.2, 0) is 4.79 Å². The van der Waals surface area contributed by atoms with Crippen LogP contribution in [0.5, 0.6) is 5.75 Å². The van der Waals surface area contributed by atoms with E-state index >= 15 is 0 Å². The number of rotatable bonds is 5. The van der Waals surface area contributed by atoms with Crippen molar-refractivity contribution in [3.8, 4) is 5.75 Å². The third-order valence-corrected chi connectivity index (χ3v) is 5.03. The molecule has 2 atom stereocenters. The van der Waals surface area contributed by atoms with Crippen molar-refractivity contribution in [3.05, 3.63) is 59.7 Å². The zero-order valence-corrected chi connectivity index (χ0v) is 16.8. The fraction of sp³-hybridized carbons (Fsp3) is 0.391. The van der Waals surface area contributed by atoms with E-state index in [0.29, 0.717) is 28.8 Å². The Morgan fingerprint density at radius 3 is 2.43 bits per heavy atom. The highest BCUT2D eigenvalue weighted by atomic mass is 16.5. The second-order valence-electron chi connectivity index (χ2n) is 7.84. The summed E-state index contributed by atoms with van der Waals surface area (Å²) in [5.41, 5.74) is 2.15. The summed E-state index contributed by atoms with van der Waals surface area (Å²) in [4.78, 5) is 27.1. The fourth-order valence-corrected chi connectivity index (χ4v) is 3.75. The molecule has 148 valence electrons. The number of hydrogen-bond acceptors (Lipinski definition) is 3. The summed E-state index contributed by atoms with van der Waals surface area (Å²) in [6.07, 6.45) is 1.15. The largest absolute Gasteiger partial charge is 0.484 e. The van der Waals surface area contributed by atoms with Crippen molar-refractivity contribution in [2.24, 2.45) is 11.8 Å². The van der Waals surface area contributed by atoms with Gasteiger partial charge in [0.25, 0.3) is 11.8 Å². The van der Waals surface area contributed by atoms with Crippen molar-refractivity contribution in [2.45, 2.75) is 27.2 Å². The van der Waals surface area contributed by atoms with E-state index in [4.69, 9.17) is 4.74 Å². The Morgan fingerprint density at radius 2 is 1.75 bits per heavy atom. The Labute approximate surface area is 166 Å². The molecule has 2 aromatic rings. The minimum absolute atomic E-state index is 0.0226. The molecule has 1 aliphatic heterocycles. The molecule has 1 aliphatic rings. The van der Waals surface area contributed by atoms with Crippen LogP contribution in [0, 0.1) is 18.8 Å². The second-order valence-corrected chi connectivity index (χ2v) is 7.84. The van der Waals surface area contributed by atoms with Crippen molar-refractivity contribution in [1.82, 2.24) is 4.90 Å². The zero-order valence-electron chi connectivity index (χ0n) is 16.8. The van der Waals surface area contributed by atoms with E-state index in [-0.39, 0.29) is 18.4 Å². The van der Waals surface area contributed by atoms with Crippen molar-refractivity contribution in [2.75, 3.05) is 25.0 Å². The van der Waals surface area contributed by atoms with Gasteiger partial charge in [0.2, 0.25) is 0 Å². The predicted octanol–water partition coefficient (Wildman–Crippen LogP) is 4.13. The molecule has 28 heavy (non-hydrogen) atoms. The molecule has 1 fully saturated rings. The minimum atomic E-state index is -0.253. The average Bonchev–Trinajstić information content (AvgIpc) is 2.67. The Balaban J connectivity index is 1.65. The first-order valence-electron chi connectivity index (χ1n) is 9.80. The molecule has 2 amide bonds. The quantitative estimate of drug-likeness (QED) is 0.848. The molecule has 2 aromatic carbocycles. The van der Waals surface area contributed by atoms with Gasteiger partial charge in [-0.05, 0) is 55.0 Å². The molecule has 5 nitrogen and oxygen atoms in total. The highest BCUT2D eigenvalue weighted by molar-refractivity contribution is 5.98.